The van der Waals surface area contributed by atoms with E-state index in [2.05, 4.69) is 15.2 Å². The molecule has 0 bridgehead atoms. The molecule has 0 aromatic carbocycles. The molecule has 1 aliphatic rings. The van der Waals surface area contributed by atoms with Gasteiger partial charge in [-0.2, -0.15) is 0 Å². The van der Waals surface area contributed by atoms with Crippen LogP contribution in [0.4, 0.5) is 0 Å². The van der Waals surface area contributed by atoms with E-state index in [1.165, 1.54) is 19.3 Å². The number of carbonyl (C=O) groups excluding carboxylic acids is 1. The number of H-pyrrole nitrogens is 1. The number of nitrogens with one attached hydrogen (secondary N) is 2. The molecular weight excluding hydrogens is 238 g/mol. The summed E-state index contributed by atoms with van der Waals surface area (Å²) in [6.07, 6.45) is 5.51. The summed E-state index contributed by atoms with van der Waals surface area (Å²) in [5.74, 6) is -0.0890. The van der Waals surface area contributed by atoms with Crippen molar-refractivity contribution in [1.82, 2.24) is 15.2 Å². The van der Waals surface area contributed by atoms with Gasteiger partial charge < -0.3 is 15.2 Å². The maximum absolute atomic E-state index is 11.7. The first-order chi connectivity index (χ1) is 8.25. The summed E-state index contributed by atoms with van der Waals surface area (Å²) >= 11 is 5.74. The van der Waals surface area contributed by atoms with Crippen molar-refractivity contribution >= 4 is 17.5 Å². The SMILES string of the molecule is O=C(NCCN1CCCCC1)c1cc(Cl)c[nH]1. The van der Waals surface area contributed by atoms with E-state index < -0.39 is 0 Å². The molecule has 0 atom stereocenters. The van der Waals surface area contributed by atoms with E-state index >= 15 is 0 Å². The summed E-state index contributed by atoms with van der Waals surface area (Å²) < 4.78 is 0. The van der Waals surface area contributed by atoms with Gasteiger partial charge in [0.2, 0.25) is 0 Å². The Kier molecular flexibility index (Phi) is 4.45. The topological polar surface area (TPSA) is 48.1 Å². The second-order valence-electron chi connectivity index (χ2n) is 4.39. The Labute approximate surface area is 106 Å². The lowest BCUT2D eigenvalue weighted by Gasteiger charge is -2.26. The summed E-state index contributed by atoms with van der Waals surface area (Å²) in [7, 11) is 0. The van der Waals surface area contributed by atoms with Crippen LogP contribution in [0.15, 0.2) is 12.3 Å². The van der Waals surface area contributed by atoms with E-state index in [0.29, 0.717) is 17.3 Å². The van der Waals surface area contributed by atoms with E-state index in [9.17, 15) is 4.79 Å². The Morgan fingerprint density at radius 3 is 2.82 bits per heavy atom. The van der Waals surface area contributed by atoms with Gasteiger partial charge in [-0.15, -0.1) is 0 Å². The van der Waals surface area contributed by atoms with Crippen molar-refractivity contribution in [1.29, 1.82) is 0 Å². The fourth-order valence-electron chi connectivity index (χ4n) is 2.10. The molecule has 1 amide bonds. The van der Waals surface area contributed by atoms with Gasteiger partial charge in [-0.25, -0.2) is 0 Å². The van der Waals surface area contributed by atoms with E-state index in [1.807, 2.05) is 0 Å². The third kappa shape index (κ3) is 3.75. The highest BCUT2D eigenvalue weighted by Crippen LogP contribution is 2.09. The summed E-state index contributed by atoms with van der Waals surface area (Å²) in [6, 6.07) is 1.64. The third-order valence-corrected chi connectivity index (χ3v) is 3.27. The summed E-state index contributed by atoms with van der Waals surface area (Å²) in [5.41, 5.74) is 0.522. The number of aromatic amines is 1. The van der Waals surface area contributed by atoms with Gasteiger partial charge in [-0.3, -0.25) is 4.79 Å². The Morgan fingerprint density at radius 1 is 1.41 bits per heavy atom. The van der Waals surface area contributed by atoms with Crippen molar-refractivity contribution in [2.75, 3.05) is 26.2 Å². The second kappa shape index (κ2) is 6.07. The van der Waals surface area contributed by atoms with Crippen molar-refractivity contribution in [3.8, 4) is 0 Å². The lowest BCUT2D eigenvalue weighted by molar-refractivity contribution is 0.0942. The van der Waals surface area contributed by atoms with Crippen LogP contribution in [0.25, 0.3) is 0 Å². The average Bonchev–Trinajstić information content (AvgIpc) is 2.77. The molecular formula is C12H18ClN3O. The molecule has 94 valence electrons. The molecule has 0 saturated carbocycles. The number of hydrogen-bond acceptors (Lipinski definition) is 2. The van der Waals surface area contributed by atoms with Crippen LogP contribution in [0.5, 0.6) is 0 Å². The molecule has 0 radical (unpaired) electrons. The number of likely N-dealkylation sites (tertiary alicyclic amines) is 1. The molecule has 0 unspecified atom stereocenters. The lowest BCUT2D eigenvalue weighted by atomic mass is 10.1. The zero-order chi connectivity index (χ0) is 12.1. The number of piperidine rings is 1. The Morgan fingerprint density at radius 2 is 2.18 bits per heavy atom. The molecule has 1 saturated heterocycles. The van der Waals surface area contributed by atoms with Crippen molar-refractivity contribution in [3.63, 3.8) is 0 Å². The molecule has 2 N–H and O–H groups in total. The van der Waals surface area contributed by atoms with Crippen molar-refractivity contribution in [3.05, 3.63) is 23.0 Å². The summed E-state index contributed by atoms with van der Waals surface area (Å²) in [6.45, 7) is 3.93. The number of amides is 1. The molecule has 2 heterocycles. The Bertz CT molecular complexity index is 372. The maximum atomic E-state index is 11.7. The number of carbonyl (C=O) groups is 1. The van der Waals surface area contributed by atoms with E-state index in [1.54, 1.807) is 12.3 Å². The van der Waals surface area contributed by atoms with E-state index in [4.69, 9.17) is 11.6 Å². The van der Waals surface area contributed by atoms with Crippen LogP contribution < -0.4 is 5.32 Å². The van der Waals surface area contributed by atoms with Crippen LogP contribution >= 0.6 is 11.6 Å². The van der Waals surface area contributed by atoms with Gasteiger partial charge in [0, 0.05) is 19.3 Å². The average molecular weight is 256 g/mol. The van der Waals surface area contributed by atoms with Crippen molar-refractivity contribution in [2.24, 2.45) is 0 Å². The van der Waals surface area contributed by atoms with Crippen LogP contribution in [0.3, 0.4) is 0 Å². The summed E-state index contributed by atoms with van der Waals surface area (Å²) in [4.78, 5) is 16.9. The molecule has 0 spiro atoms. The highest BCUT2D eigenvalue weighted by molar-refractivity contribution is 6.30. The Balaban J connectivity index is 1.69. The lowest BCUT2D eigenvalue weighted by Crippen LogP contribution is -2.37. The zero-order valence-corrected chi connectivity index (χ0v) is 10.6. The highest BCUT2D eigenvalue weighted by atomic mass is 35.5. The monoisotopic (exact) mass is 255 g/mol. The van der Waals surface area contributed by atoms with E-state index in [0.717, 1.165) is 19.6 Å². The fourth-order valence-corrected chi connectivity index (χ4v) is 2.27. The minimum absolute atomic E-state index is 0.0890. The second-order valence-corrected chi connectivity index (χ2v) is 4.83. The van der Waals surface area contributed by atoms with Gasteiger partial charge in [-0.05, 0) is 32.0 Å². The highest BCUT2D eigenvalue weighted by Gasteiger charge is 2.11. The smallest absolute Gasteiger partial charge is 0.267 e. The molecule has 1 aromatic rings. The first-order valence-electron chi connectivity index (χ1n) is 6.10. The predicted octanol–water partition coefficient (Wildman–Crippen LogP) is 1.88. The number of hydrogen-bond donors (Lipinski definition) is 2. The number of aromatic nitrogens is 1. The zero-order valence-electron chi connectivity index (χ0n) is 9.84. The van der Waals surface area contributed by atoms with Gasteiger partial charge in [0.25, 0.3) is 5.91 Å². The minimum Gasteiger partial charge on any atom is -0.356 e. The molecule has 2 rings (SSSR count). The molecule has 5 heteroatoms. The minimum atomic E-state index is -0.0890. The number of rotatable bonds is 4. The van der Waals surface area contributed by atoms with Crippen LogP contribution in [0.1, 0.15) is 29.8 Å². The van der Waals surface area contributed by atoms with Crippen LogP contribution in [-0.2, 0) is 0 Å². The first-order valence-corrected chi connectivity index (χ1v) is 6.48. The fraction of sp³-hybridized carbons (Fsp3) is 0.583. The molecule has 1 fully saturated rings. The standard InChI is InChI=1S/C12H18ClN3O/c13-10-8-11(15-9-10)12(17)14-4-7-16-5-2-1-3-6-16/h8-9,15H,1-7H2,(H,14,17). The van der Waals surface area contributed by atoms with Gasteiger partial charge in [0.1, 0.15) is 5.69 Å². The molecule has 1 aromatic heterocycles. The van der Waals surface area contributed by atoms with Crippen LogP contribution in [-0.4, -0.2) is 42.0 Å². The van der Waals surface area contributed by atoms with Gasteiger partial charge in [0.15, 0.2) is 0 Å². The predicted molar refractivity (Wildman–Crippen MR) is 68.4 cm³/mol. The van der Waals surface area contributed by atoms with Crippen LogP contribution in [0.2, 0.25) is 5.02 Å². The molecule has 17 heavy (non-hydrogen) atoms. The van der Waals surface area contributed by atoms with Gasteiger partial charge in [-0.1, -0.05) is 18.0 Å². The normalized spacial score (nSPS) is 17.0. The summed E-state index contributed by atoms with van der Waals surface area (Å²) in [5, 5.41) is 3.45. The largest absolute Gasteiger partial charge is 0.356 e. The molecule has 4 nitrogen and oxygen atoms in total. The van der Waals surface area contributed by atoms with Gasteiger partial charge >= 0.3 is 0 Å². The van der Waals surface area contributed by atoms with Crippen molar-refractivity contribution < 1.29 is 4.79 Å². The first kappa shape index (κ1) is 12.5. The third-order valence-electron chi connectivity index (χ3n) is 3.05. The van der Waals surface area contributed by atoms with Crippen molar-refractivity contribution in [2.45, 2.75) is 19.3 Å². The Hall–Kier alpha value is -1.00. The maximum Gasteiger partial charge on any atom is 0.267 e. The molecule has 0 aliphatic carbocycles. The van der Waals surface area contributed by atoms with E-state index in [-0.39, 0.29) is 5.91 Å². The number of halogens is 1. The quantitative estimate of drug-likeness (QED) is 0.863. The number of nitrogens with zero attached hydrogens (tertiary/aromatic N) is 1. The van der Waals surface area contributed by atoms with Gasteiger partial charge in [0.05, 0.1) is 5.02 Å². The van der Waals surface area contributed by atoms with Crippen LogP contribution in [0, 0.1) is 0 Å². The molecule has 1 aliphatic heterocycles.